The number of β-amino-alcohol motifs (C(OH)–C–C–N with tert-alkyl or cyclic N) is 1. The number of rotatable bonds is 4. The van der Waals surface area contributed by atoms with Crippen molar-refractivity contribution in [2.24, 2.45) is 0 Å². The minimum absolute atomic E-state index is 0.0946. The first-order valence-corrected chi connectivity index (χ1v) is 8.15. The van der Waals surface area contributed by atoms with E-state index in [-0.39, 0.29) is 18.0 Å². The molecule has 0 radical (unpaired) electrons. The van der Waals surface area contributed by atoms with E-state index in [1.54, 1.807) is 0 Å². The average Bonchev–Trinajstić information content (AvgIpc) is 3.15. The number of carbonyl (C=O) groups is 1. The van der Waals surface area contributed by atoms with Gasteiger partial charge in [-0.3, -0.25) is 4.79 Å². The Morgan fingerprint density at radius 2 is 1.96 bits per heavy atom. The molecule has 23 heavy (non-hydrogen) atoms. The molecule has 1 aromatic rings. The highest BCUT2D eigenvalue weighted by Crippen LogP contribution is 2.42. The molecule has 1 amide bonds. The molecule has 2 unspecified atom stereocenters. The van der Waals surface area contributed by atoms with Crippen molar-refractivity contribution in [1.82, 2.24) is 10.6 Å². The van der Waals surface area contributed by atoms with E-state index in [2.05, 4.69) is 10.6 Å². The molecule has 3 N–H and O–H groups in total. The molecule has 0 aromatic heterocycles. The Morgan fingerprint density at radius 1 is 1.30 bits per heavy atom. The molecule has 3 rings (SSSR count). The quantitative estimate of drug-likeness (QED) is 0.789. The summed E-state index contributed by atoms with van der Waals surface area (Å²) in [6, 6.07) is 3.47. The van der Waals surface area contributed by atoms with Crippen LogP contribution < -0.4 is 10.6 Å². The number of nitrogens with one attached hydrogen (secondary N) is 2. The Labute approximate surface area is 134 Å². The summed E-state index contributed by atoms with van der Waals surface area (Å²) in [4.78, 5) is 12.2. The smallest absolute Gasteiger partial charge is 0.237 e. The number of carbonyl (C=O) groups excluding carboxylic acids is 1. The third-order valence-corrected chi connectivity index (χ3v) is 5.08. The number of hydrogen-bond donors (Lipinski definition) is 3. The predicted molar refractivity (Wildman–Crippen MR) is 81.9 cm³/mol. The minimum Gasteiger partial charge on any atom is -0.392 e. The van der Waals surface area contributed by atoms with Crippen LogP contribution >= 0.6 is 0 Å². The maximum atomic E-state index is 14.2. The Kier molecular flexibility index (Phi) is 4.64. The molecule has 2 fully saturated rings. The topological polar surface area (TPSA) is 61.4 Å². The first-order chi connectivity index (χ1) is 11.0. The lowest BCUT2D eigenvalue weighted by molar-refractivity contribution is -0.123. The molecule has 1 saturated carbocycles. The highest BCUT2D eigenvalue weighted by Gasteiger charge is 2.40. The van der Waals surface area contributed by atoms with Crippen molar-refractivity contribution in [3.05, 3.63) is 35.4 Å². The monoisotopic (exact) mass is 324 g/mol. The summed E-state index contributed by atoms with van der Waals surface area (Å²) in [6.07, 6.45) is 2.95. The van der Waals surface area contributed by atoms with Gasteiger partial charge >= 0.3 is 0 Å². The van der Waals surface area contributed by atoms with E-state index in [0.717, 1.165) is 12.8 Å². The molecule has 126 valence electrons. The van der Waals surface area contributed by atoms with E-state index in [0.29, 0.717) is 25.8 Å². The lowest BCUT2D eigenvalue weighted by atomic mass is 9.78. The number of aliphatic hydroxyl groups excluding tert-OH is 1. The van der Waals surface area contributed by atoms with Gasteiger partial charge in [0, 0.05) is 24.1 Å². The molecular formula is C17H22F2N2O2. The molecule has 0 bridgehead atoms. The fourth-order valence-corrected chi connectivity index (χ4v) is 3.87. The van der Waals surface area contributed by atoms with Gasteiger partial charge < -0.3 is 15.7 Å². The maximum Gasteiger partial charge on any atom is 0.237 e. The zero-order chi connectivity index (χ0) is 16.4. The van der Waals surface area contributed by atoms with Gasteiger partial charge in [0.15, 0.2) is 0 Å². The van der Waals surface area contributed by atoms with Crippen molar-refractivity contribution in [2.75, 3.05) is 13.1 Å². The molecule has 1 aliphatic heterocycles. The van der Waals surface area contributed by atoms with Gasteiger partial charge in [-0.2, -0.15) is 0 Å². The third kappa shape index (κ3) is 3.23. The fraction of sp³-hybridized carbons (Fsp3) is 0.588. The van der Waals surface area contributed by atoms with E-state index in [1.165, 1.54) is 18.2 Å². The van der Waals surface area contributed by atoms with Crippen molar-refractivity contribution in [3.63, 3.8) is 0 Å². The van der Waals surface area contributed by atoms with Crippen molar-refractivity contribution in [3.8, 4) is 0 Å². The molecule has 6 heteroatoms. The van der Waals surface area contributed by atoms with Gasteiger partial charge in [0.1, 0.15) is 11.6 Å². The van der Waals surface area contributed by atoms with Crippen molar-refractivity contribution < 1.29 is 18.7 Å². The molecule has 1 aromatic carbocycles. The summed E-state index contributed by atoms with van der Waals surface area (Å²) in [6.45, 7) is 0.614. The summed E-state index contributed by atoms with van der Waals surface area (Å²) in [7, 11) is 0. The molecule has 4 nitrogen and oxygen atoms in total. The lowest BCUT2D eigenvalue weighted by Crippen LogP contribution is -2.46. The van der Waals surface area contributed by atoms with Crippen LogP contribution in [0.4, 0.5) is 8.78 Å². The highest BCUT2D eigenvalue weighted by atomic mass is 19.1. The number of halogens is 2. The van der Waals surface area contributed by atoms with Gasteiger partial charge in [0.25, 0.3) is 0 Å². The highest BCUT2D eigenvalue weighted by molar-refractivity contribution is 5.82. The largest absolute Gasteiger partial charge is 0.392 e. The van der Waals surface area contributed by atoms with Crippen molar-refractivity contribution >= 4 is 5.91 Å². The fourth-order valence-electron chi connectivity index (χ4n) is 3.87. The second-order valence-electron chi connectivity index (χ2n) is 6.65. The molecule has 2 atom stereocenters. The molecule has 1 saturated heterocycles. The van der Waals surface area contributed by atoms with Gasteiger partial charge in [0.05, 0.1) is 12.1 Å². The van der Waals surface area contributed by atoms with Crippen LogP contribution in [0, 0.1) is 11.6 Å². The van der Waals surface area contributed by atoms with Gasteiger partial charge in [0.2, 0.25) is 5.91 Å². The summed E-state index contributed by atoms with van der Waals surface area (Å²) in [5.74, 6) is -1.31. The maximum absolute atomic E-state index is 14.2. The zero-order valence-electron chi connectivity index (χ0n) is 12.9. The van der Waals surface area contributed by atoms with Crippen molar-refractivity contribution in [2.45, 2.75) is 49.7 Å². The number of benzene rings is 1. The van der Waals surface area contributed by atoms with E-state index in [4.69, 9.17) is 0 Å². The van der Waals surface area contributed by atoms with Crippen LogP contribution in [-0.2, 0) is 10.2 Å². The Morgan fingerprint density at radius 3 is 2.52 bits per heavy atom. The zero-order valence-corrected chi connectivity index (χ0v) is 12.9. The summed E-state index contributed by atoms with van der Waals surface area (Å²) >= 11 is 0. The van der Waals surface area contributed by atoms with E-state index in [9.17, 15) is 18.7 Å². The van der Waals surface area contributed by atoms with Crippen LogP contribution in [0.2, 0.25) is 0 Å². The Hall–Kier alpha value is -1.53. The van der Waals surface area contributed by atoms with Crippen LogP contribution in [-0.4, -0.2) is 36.2 Å². The second kappa shape index (κ2) is 6.53. The standard InChI is InChI=1S/C17H22F2N2O2/c18-12-4-3-5-13(19)15(12)17(6-1-2-7-17)10-21-16(23)14-8-11(22)9-20-14/h3-5,11,14,20,22H,1-2,6-10H2,(H,21,23). The van der Waals surface area contributed by atoms with Gasteiger partial charge in [-0.05, 0) is 31.4 Å². The first-order valence-electron chi connectivity index (χ1n) is 8.15. The van der Waals surface area contributed by atoms with Crippen LogP contribution in [0.1, 0.15) is 37.7 Å². The molecule has 1 heterocycles. The third-order valence-electron chi connectivity index (χ3n) is 5.08. The normalized spacial score (nSPS) is 26.4. The Bertz CT molecular complexity index is 568. The minimum atomic E-state index is -0.678. The van der Waals surface area contributed by atoms with E-state index >= 15 is 0 Å². The first kappa shape index (κ1) is 16.3. The van der Waals surface area contributed by atoms with Crippen LogP contribution in [0.15, 0.2) is 18.2 Å². The van der Waals surface area contributed by atoms with Gasteiger partial charge in [-0.25, -0.2) is 8.78 Å². The van der Waals surface area contributed by atoms with Crippen LogP contribution in [0.3, 0.4) is 0 Å². The SMILES string of the molecule is O=C(NCC1(c2c(F)cccc2F)CCCC1)C1CC(O)CN1. The summed E-state index contributed by atoms with van der Waals surface area (Å²) in [5, 5.41) is 15.3. The molecule has 2 aliphatic rings. The van der Waals surface area contributed by atoms with Gasteiger partial charge in [-0.1, -0.05) is 18.9 Å². The van der Waals surface area contributed by atoms with Crippen LogP contribution in [0.5, 0.6) is 0 Å². The number of amides is 1. The predicted octanol–water partition coefficient (Wildman–Crippen LogP) is 1.62. The molecule has 0 spiro atoms. The Balaban J connectivity index is 1.76. The lowest BCUT2D eigenvalue weighted by Gasteiger charge is -2.31. The average molecular weight is 324 g/mol. The van der Waals surface area contributed by atoms with Crippen LogP contribution in [0.25, 0.3) is 0 Å². The van der Waals surface area contributed by atoms with E-state index in [1.807, 2.05) is 0 Å². The number of aliphatic hydroxyl groups is 1. The summed E-state index contributed by atoms with van der Waals surface area (Å²) in [5.41, 5.74) is -0.584. The van der Waals surface area contributed by atoms with Crippen molar-refractivity contribution in [1.29, 1.82) is 0 Å². The molecular weight excluding hydrogens is 302 g/mol. The number of hydrogen-bond acceptors (Lipinski definition) is 3. The van der Waals surface area contributed by atoms with E-state index < -0.39 is 29.2 Å². The van der Waals surface area contributed by atoms with Gasteiger partial charge in [-0.15, -0.1) is 0 Å². The molecule has 1 aliphatic carbocycles. The second-order valence-corrected chi connectivity index (χ2v) is 6.65. The summed E-state index contributed by atoms with van der Waals surface area (Å²) < 4.78 is 28.5.